The lowest BCUT2D eigenvalue weighted by atomic mass is 9.95. The number of carbonyl (C=O) groups excluding carboxylic acids is 1. The van der Waals surface area contributed by atoms with E-state index in [1.165, 1.54) is 25.7 Å². The van der Waals surface area contributed by atoms with Crippen molar-refractivity contribution in [3.63, 3.8) is 0 Å². The zero-order valence-electron chi connectivity index (χ0n) is 7.68. The number of primary amides is 1. The van der Waals surface area contributed by atoms with E-state index in [0.717, 1.165) is 0 Å². The Kier molecular flexibility index (Phi) is 3.53. The quantitative estimate of drug-likeness (QED) is 0.650. The Morgan fingerprint density at radius 2 is 2.17 bits per heavy atom. The maximum absolute atomic E-state index is 10.7. The van der Waals surface area contributed by atoms with Gasteiger partial charge in [-0.25, -0.2) is 0 Å². The molecule has 0 aromatic rings. The molecule has 0 aromatic heterocycles. The standard InChI is InChI=1S/C9H18N2O/c1-11-8(6-9(10)12)7-4-2-3-5-7/h7-8,11H,2-6H2,1H3,(H2,10,12). The minimum Gasteiger partial charge on any atom is -0.370 e. The van der Waals surface area contributed by atoms with Gasteiger partial charge in [0, 0.05) is 12.5 Å². The van der Waals surface area contributed by atoms with Crippen molar-refractivity contribution < 1.29 is 4.79 Å². The van der Waals surface area contributed by atoms with Gasteiger partial charge in [-0.05, 0) is 25.8 Å². The summed E-state index contributed by atoms with van der Waals surface area (Å²) < 4.78 is 0. The number of hydrogen-bond acceptors (Lipinski definition) is 2. The maximum atomic E-state index is 10.7. The molecule has 1 fully saturated rings. The van der Waals surface area contributed by atoms with Gasteiger partial charge in [0.05, 0.1) is 0 Å². The summed E-state index contributed by atoms with van der Waals surface area (Å²) in [5, 5.41) is 3.17. The highest BCUT2D eigenvalue weighted by molar-refractivity contribution is 5.74. The fraction of sp³-hybridized carbons (Fsp3) is 0.889. The van der Waals surface area contributed by atoms with Gasteiger partial charge in [0.1, 0.15) is 0 Å². The molecule has 0 radical (unpaired) electrons. The molecule has 0 saturated heterocycles. The molecule has 0 spiro atoms. The number of rotatable bonds is 4. The first-order valence-corrected chi connectivity index (χ1v) is 4.69. The molecule has 1 atom stereocenters. The summed E-state index contributed by atoms with van der Waals surface area (Å²) in [5.74, 6) is 0.476. The SMILES string of the molecule is CNC(CC(N)=O)C1CCCC1. The van der Waals surface area contributed by atoms with E-state index in [0.29, 0.717) is 18.4 Å². The molecule has 1 aliphatic rings. The average molecular weight is 170 g/mol. The zero-order chi connectivity index (χ0) is 8.97. The van der Waals surface area contributed by atoms with E-state index in [4.69, 9.17) is 5.73 Å². The topological polar surface area (TPSA) is 55.1 Å². The average Bonchev–Trinajstić information content (AvgIpc) is 2.51. The Bertz CT molecular complexity index is 153. The van der Waals surface area contributed by atoms with E-state index in [1.54, 1.807) is 0 Å². The molecule has 70 valence electrons. The maximum Gasteiger partial charge on any atom is 0.218 e. The Morgan fingerprint density at radius 1 is 1.58 bits per heavy atom. The second-order valence-electron chi connectivity index (χ2n) is 3.61. The van der Waals surface area contributed by atoms with Gasteiger partial charge in [-0.1, -0.05) is 12.8 Å². The van der Waals surface area contributed by atoms with Crippen LogP contribution in [0, 0.1) is 5.92 Å². The van der Waals surface area contributed by atoms with Gasteiger partial charge in [0.15, 0.2) is 0 Å². The molecule has 1 saturated carbocycles. The second-order valence-corrected chi connectivity index (χ2v) is 3.61. The smallest absolute Gasteiger partial charge is 0.218 e. The minimum absolute atomic E-state index is 0.193. The van der Waals surface area contributed by atoms with Gasteiger partial charge in [-0.15, -0.1) is 0 Å². The first kappa shape index (κ1) is 9.52. The highest BCUT2D eigenvalue weighted by Crippen LogP contribution is 2.28. The Labute approximate surface area is 73.7 Å². The molecule has 3 nitrogen and oxygen atoms in total. The van der Waals surface area contributed by atoms with Crippen molar-refractivity contribution in [2.45, 2.75) is 38.1 Å². The van der Waals surface area contributed by atoms with Gasteiger partial charge >= 0.3 is 0 Å². The van der Waals surface area contributed by atoms with Gasteiger partial charge in [0.2, 0.25) is 5.91 Å². The highest BCUT2D eigenvalue weighted by atomic mass is 16.1. The first-order valence-electron chi connectivity index (χ1n) is 4.69. The van der Waals surface area contributed by atoms with E-state index >= 15 is 0 Å². The lowest BCUT2D eigenvalue weighted by molar-refractivity contribution is -0.118. The molecule has 0 aliphatic heterocycles. The molecule has 1 rings (SSSR count). The van der Waals surface area contributed by atoms with Gasteiger partial charge in [-0.2, -0.15) is 0 Å². The lowest BCUT2D eigenvalue weighted by Crippen LogP contribution is -2.36. The largest absolute Gasteiger partial charge is 0.370 e. The first-order chi connectivity index (χ1) is 5.74. The molecular formula is C9H18N2O. The van der Waals surface area contributed by atoms with Crippen molar-refractivity contribution in [2.75, 3.05) is 7.05 Å². The van der Waals surface area contributed by atoms with E-state index in [9.17, 15) is 4.79 Å². The number of hydrogen-bond donors (Lipinski definition) is 2. The van der Waals surface area contributed by atoms with E-state index in [2.05, 4.69) is 5.32 Å². The third-order valence-electron chi connectivity index (χ3n) is 2.76. The van der Waals surface area contributed by atoms with Crippen molar-refractivity contribution in [3.8, 4) is 0 Å². The predicted octanol–water partition coefficient (Wildman–Crippen LogP) is 0.640. The molecule has 0 heterocycles. The fourth-order valence-electron chi connectivity index (χ4n) is 2.08. The van der Waals surface area contributed by atoms with Gasteiger partial charge in [-0.3, -0.25) is 4.79 Å². The minimum atomic E-state index is -0.193. The summed E-state index contributed by atoms with van der Waals surface area (Å²) in [7, 11) is 1.91. The van der Waals surface area contributed by atoms with Gasteiger partial charge in [0.25, 0.3) is 0 Å². The van der Waals surface area contributed by atoms with Crippen LogP contribution in [0.1, 0.15) is 32.1 Å². The third kappa shape index (κ3) is 2.48. The van der Waals surface area contributed by atoms with Crippen LogP contribution in [0.4, 0.5) is 0 Å². The molecule has 1 unspecified atom stereocenters. The normalized spacial score (nSPS) is 21.1. The second kappa shape index (κ2) is 4.45. The van der Waals surface area contributed by atoms with Crippen LogP contribution < -0.4 is 11.1 Å². The molecule has 1 amide bonds. The summed E-state index contributed by atoms with van der Waals surface area (Å²) in [4.78, 5) is 10.7. The van der Waals surface area contributed by atoms with Crippen LogP contribution in [-0.2, 0) is 4.79 Å². The summed E-state index contributed by atoms with van der Waals surface area (Å²) in [6.07, 6.45) is 5.60. The molecule has 3 N–H and O–H groups in total. The molecule has 1 aliphatic carbocycles. The molecule has 0 bridgehead atoms. The van der Waals surface area contributed by atoms with Crippen molar-refractivity contribution >= 4 is 5.91 Å². The zero-order valence-corrected chi connectivity index (χ0v) is 7.68. The molecule has 12 heavy (non-hydrogen) atoms. The van der Waals surface area contributed by atoms with Crippen LogP contribution in [0.5, 0.6) is 0 Å². The molecule has 0 aromatic carbocycles. The van der Waals surface area contributed by atoms with Crippen molar-refractivity contribution in [3.05, 3.63) is 0 Å². The number of amides is 1. The number of nitrogens with one attached hydrogen (secondary N) is 1. The van der Waals surface area contributed by atoms with E-state index < -0.39 is 0 Å². The van der Waals surface area contributed by atoms with Crippen LogP contribution in [0.2, 0.25) is 0 Å². The summed E-state index contributed by atoms with van der Waals surface area (Å²) in [5.41, 5.74) is 5.16. The summed E-state index contributed by atoms with van der Waals surface area (Å²) in [6.45, 7) is 0. The van der Waals surface area contributed by atoms with Crippen molar-refractivity contribution in [2.24, 2.45) is 11.7 Å². The van der Waals surface area contributed by atoms with E-state index in [-0.39, 0.29) is 5.91 Å². The van der Waals surface area contributed by atoms with Crippen LogP contribution >= 0.6 is 0 Å². The Balaban J connectivity index is 2.37. The number of carbonyl (C=O) groups is 1. The van der Waals surface area contributed by atoms with Crippen LogP contribution in [0.25, 0.3) is 0 Å². The van der Waals surface area contributed by atoms with Gasteiger partial charge < -0.3 is 11.1 Å². The Hall–Kier alpha value is -0.570. The lowest BCUT2D eigenvalue weighted by Gasteiger charge is -2.21. The highest BCUT2D eigenvalue weighted by Gasteiger charge is 2.24. The van der Waals surface area contributed by atoms with Crippen LogP contribution in [0.15, 0.2) is 0 Å². The van der Waals surface area contributed by atoms with Crippen LogP contribution in [0.3, 0.4) is 0 Å². The van der Waals surface area contributed by atoms with Crippen LogP contribution in [-0.4, -0.2) is 19.0 Å². The van der Waals surface area contributed by atoms with Crippen molar-refractivity contribution in [1.82, 2.24) is 5.32 Å². The molecule has 3 heteroatoms. The fourth-order valence-corrected chi connectivity index (χ4v) is 2.08. The summed E-state index contributed by atoms with van der Waals surface area (Å²) >= 11 is 0. The Morgan fingerprint density at radius 3 is 2.58 bits per heavy atom. The number of nitrogens with two attached hydrogens (primary N) is 1. The van der Waals surface area contributed by atoms with E-state index in [1.807, 2.05) is 7.05 Å². The predicted molar refractivity (Wildman–Crippen MR) is 48.6 cm³/mol. The monoisotopic (exact) mass is 170 g/mol. The third-order valence-corrected chi connectivity index (χ3v) is 2.76. The molecular weight excluding hydrogens is 152 g/mol. The summed E-state index contributed by atoms with van der Waals surface area (Å²) in [6, 6.07) is 0.310. The van der Waals surface area contributed by atoms with Crippen molar-refractivity contribution in [1.29, 1.82) is 0 Å².